The van der Waals surface area contributed by atoms with Gasteiger partial charge in [-0.2, -0.15) is 0 Å². The van der Waals surface area contributed by atoms with Crippen LogP contribution >= 0.6 is 23.1 Å². The standard InChI is InChI=1S/C20H14BrF2O3P/c1-13-12-16(17(21)19-18(13)25-20(22,23)26-19)27(24,14-8-4-2-5-9-14)15-10-6-3-7-11-15/h2-12H,1H3. The van der Waals surface area contributed by atoms with Crippen molar-refractivity contribution in [3.8, 4) is 11.5 Å². The molecule has 0 atom stereocenters. The van der Waals surface area contributed by atoms with Crippen molar-refractivity contribution in [3.63, 3.8) is 0 Å². The van der Waals surface area contributed by atoms with Gasteiger partial charge in [-0.25, -0.2) is 0 Å². The van der Waals surface area contributed by atoms with Crippen LogP contribution in [0.3, 0.4) is 0 Å². The third-order valence-corrected chi connectivity index (χ3v) is 8.54. The maximum atomic E-state index is 14.4. The maximum absolute atomic E-state index is 14.4. The van der Waals surface area contributed by atoms with E-state index >= 15 is 0 Å². The van der Waals surface area contributed by atoms with Gasteiger partial charge >= 0.3 is 6.29 Å². The largest absolute Gasteiger partial charge is 0.586 e. The molecule has 0 aliphatic carbocycles. The molecule has 3 aromatic rings. The van der Waals surface area contributed by atoms with Crippen molar-refractivity contribution in [2.24, 2.45) is 0 Å². The number of hydrogen-bond donors (Lipinski definition) is 0. The lowest BCUT2D eigenvalue weighted by Crippen LogP contribution is -2.27. The molecule has 3 aromatic carbocycles. The Morgan fingerprint density at radius 3 is 1.89 bits per heavy atom. The van der Waals surface area contributed by atoms with E-state index in [1.165, 1.54) is 0 Å². The second kappa shape index (κ2) is 6.47. The van der Waals surface area contributed by atoms with Crippen molar-refractivity contribution in [3.05, 3.63) is 76.8 Å². The molecule has 0 bridgehead atoms. The Kier molecular flexibility index (Phi) is 4.36. The number of fused-ring (bicyclic) bond motifs is 1. The van der Waals surface area contributed by atoms with E-state index in [4.69, 9.17) is 0 Å². The molecule has 0 unspecified atom stereocenters. The Hall–Kier alpha value is -2.17. The lowest BCUT2D eigenvalue weighted by Gasteiger charge is -2.22. The molecule has 7 heteroatoms. The van der Waals surface area contributed by atoms with Crippen molar-refractivity contribution in [1.82, 2.24) is 0 Å². The average molecular weight is 451 g/mol. The molecule has 0 saturated carbocycles. The minimum atomic E-state index is -3.75. The summed E-state index contributed by atoms with van der Waals surface area (Å²) in [4.78, 5) is 0. The Labute approximate surface area is 163 Å². The van der Waals surface area contributed by atoms with Gasteiger partial charge in [0.1, 0.15) is 0 Å². The molecule has 0 spiro atoms. The van der Waals surface area contributed by atoms with Gasteiger partial charge in [0.05, 0.1) is 4.47 Å². The van der Waals surface area contributed by atoms with Crippen molar-refractivity contribution < 1.29 is 22.8 Å². The van der Waals surface area contributed by atoms with E-state index in [0.717, 1.165) is 0 Å². The SMILES string of the molecule is Cc1cc(P(=O)(c2ccccc2)c2ccccc2)c(Br)c2c1OC(F)(F)O2. The molecule has 138 valence electrons. The van der Waals surface area contributed by atoms with Gasteiger partial charge in [0.25, 0.3) is 0 Å². The van der Waals surface area contributed by atoms with Gasteiger partial charge in [0.15, 0.2) is 18.6 Å². The third-order valence-electron chi connectivity index (χ3n) is 4.36. The second-order valence-electron chi connectivity index (χ2n) is 6.13. The van der Waals surface area contributed by atoms with Crippen LogP contribution in [0.15, 0.2) is 71.2 Å². The topological polar surface area (TPSA) is 35.5 Å². The lowest BCUT2D eigenvalue weighted by atomic mass is 10.2. The Morgan fingerprint density at radius 1 is 0.889 bits per heavy atom. The highest BCUT2D eigenvalue weighted by molar-refractivity contribution is 9.10. The summed E-state index contributed by atoms with van der Waals surface area (Å²) in [5.41, 5.74) is 0.424. The summed E-state index contributed by atoms with van der Waals surface area (Å²) in [7, 11) is -3.34. The van der Waals surface area contributed by atoms with Crippen LogP contribution in [0.4, 0.5) is 8.78 Å². The first kappa shape index (κ1) is 18.2. The Balaban J connectivity index is 2.02. The highest BCUT2D eigenvalue weighted by atomic mass is 79.9. The van der Waals surface area contributed by atoms with Crippen LogP contribution in [-0.2, 0) is 4.57 Å². The van der Waals surface area contributed by atoms with Gasteiger partial charge in [-0.15, -0.1) is 8.78 Å². The van der Waals surface area contributed by atoms with E-state index < -0.39 is 13.4 Å². The highest BCUT2D eigenvalue weighted by Crippen LogP contribution is 2.52. The number of rotatable bonds is 3. The fraction of sp³-hybridized carbons (Fsp3) is 0.100. The summed E-state index contributed by atoms with van der Waals surface area (Å²) in [6.07, 6.45) is -3.75. The molecule has 3 nitrogen and oxygen atoms in total. The summed E-state index contributed by atoms with van der Waals surface area (Å²) < 4.78 is 51.2. The van der Waals surface area contributed by atoms with Crippen LogP contribution in [0.5, 0.6) is 11.5 Å². The van der Waals surface area contributed by atoms with Gasteiger partial charge < -0.3 is 14.0 Å². The van der Waals surface area contributed by atoms with Crippen LogP contribution in [0.2, 0.25) is 0 Å². The smallest absolute Gasteiger partial charge is 0.395 e. The van der Waals surface area contributed by atoms with Crippen molar-refractivity contribution in [2.45, 2.75) is 13.2 Å². The van der Waals surface area contributed by atoms with Crippen LogP contribution in [-0.4, -0.2) is 6.29 Å². The molecule has 4 rings (SSSR count). The Morgan fingerprint density at radius 2 is 1.37 bits per heavy atom. The molecule has 0 aromatic heterocycles. The second-order valence-corrected chi connectivity index (χ2v) is 9.66. The fourth-order valence-corrected chi connectivity index (χ4v) is 7.05. The molecule has 1 heterocycles. The molecule has 0 N–H and O–H groups in total. The van der Waals surface area contributed by atoms with Crippen molar-refractivity contribution >= 4 is 39.0 Å². The minimum absolute atomic E-state index is 0.0525. The first-order chi connectivity index (χ1) is 12.8. The number of ether oxygens (including phenoxy) is 2. The number of alkyl halides is 2. The lowest BCUT2D eigenvalue weighted by molar-refractivity contribution is -0.287. The summed E-state index contributed by atoms with van der Waals surface area (Å²) >= 11 is 3.34. The predicted molar refractivity (Wildman–Crippen MR) is 104 cm³/mol. The van der Waals surface area contributed by atoms with Gasteiger partial charge in [-0.3, -0.25) is 0 Å². The van der Waals surface area contributed by atoms with E-state index in [2.05, 4.69) is 25.4 Å². The normalized spacial score (nSPS) is 15.0. The quantitative estimate of drug-likeness (QED) is 0.541. The molecule has 1 aliphatic heterocycles. The molecular weight excluding hydrogens is 437 g/mol. The zero-order valence-electron chi connectivity index (χ0n) is 14.2. The molecular formula is C20H14BrF2O3P. The zero-order valence-corrected chi connectivity index (χ0v) is 16.6. The number of aryl methyl sites for hydroxylation is 1. The first-order valence-corrected chi connectivity index (χ1v) is 10.6. The van der Waals surface area contributed by atoms with Crippen molar-refractivity contribution in [2.75, 3.05) is 0 Å². The van der Waals surface area contributed by atoms with E-state index in [-0.39, 0.29) is 16.0 Å². The van der Waals surface area contributed by atoms with Gasteiger partial charge in [-0.05, 0) is 34.5 Å². The van der Waals surface area contributed by atoms with Gasteiger partial charge in [0, 0.05) is 15.9 Å². The Bertz CT molecular complexity index is 1010. The first-order valence-electron chi connectivity index (χ1n) is 8.14. The van der Waals surface area contributed by atoms with E-state index in [1.54, 1.807) is 61.5 Å². The zero-order chi connectivity index (χ0) is 19.2. The third kappa shape index (κ3) is 2.97. The summed E-state index contributed by atoms with van der Waals surface area (Å²) in [6, 6.07) is 19.6. The summed E-state index contributed by atoms with van der Waals surface area (Å²) in [5, 5.41) is 1.58. The minimum Gasteiger partial charge on any atom is -0.395 e. The molecule has 0 fully saturated rings. The maximum Gasteiger partial charge on any atom is 0.586 e. The molecule has 0 saturated heterocycles. The van der Waals surface area contributed by atoms with Crippen LogP contribution in [0, 0.1) is 6.92 Å². The number of halogens is 3. The van der Waals surface area contributed by atoms with E-state index in [9.17, 15) is 13.3 Å². The number of hydrogen-bond acceptors (Lipinski definition) is 3. The van der Waals surface area contributed by atoms with Gasteiger partial charge in [-0.1, -0.05) is 60.7 Å². The van der Waals surface area contributed by atoms with E-state index in [1.807, 2.05) is 12.1 Å². The molecule has 1 aliphatic rings. The van der Waals surface area contributed by atoms with Gasteiger partial charge in [0.2, 0.25) is 0 Å². The summed E-state index contributed by atoms with van der Waals surface area (Å²) in [6.45, 7) is 1.62. The molecule has 0 radical (unpaired) electrons. The molecule has 0 amide bonds. The van der Waals surface area contributed by atoms with Crippen LogP contribution in [0.25, 0.3) is 0 Å². The summed E-state index contributed by atoms with van der Waals surface area (Å²) in [5.74, 6) is -0.189. The highest BCUT2D eigenvalue weighted by Gasteiger charge is 2.47. The fourth-order valence-electron chi connectivity index (χ4n) is 3.14. The predicted octanol–water partition coefficient (Wildman–Crippen LogP) is 4.72. The monoisotopic (exact) mass is 450 g/mol. The molecule has 27 heavy (non-hydrogen) atoms. The van der Waals surface area contributed by atoms with Crippen molar-refractivity contribution in [1.29, 1.82) is 0 Å². The average Bonchev–Trinajstić information content (AvgIpc) is 3.02. The van der Waals surface area contributed by atoms with Crippen LogP contribution in [0.1, 0.15) is 5.56 Å². The van der Waals surface area contributed by atoms with E-state index in [0.29, 0.717) is 21.5 Å². The van der Waals surface area contributed by atoms with Crippen LogP contribution < -0.4 is 25.4 Å². The number of benzene rings is 3.